The van der Waals surface area contributed by atoms with Crippen molar-refractivity contribution in [3.63, 3.8) is 0 Å². The van der Waals surface area contributed by atoms with E-state index in [0.29, 0.717) is 12.8 Å². The molecule has 63 heavy (non-hydrogen) atoms. The molecule has 1 aliphatic rings. The summed E-state index contributed by atoms with van der Waals surface area (Å²) in [7, 11) is -16.6. The van der Waals surface area contributed by atoms with Crippen LogP contribution in [0.2, 0.25) is 0 Å². The molecule has 1 rings (SSSR count). The molecule has 0 aromatic carbocycles. The highest BCUT2D eigenvalue weighted by Gasteiger charge is 2.56. The molecule has 8 N–H and O–H groups in total. The van der Waals surface area contributed by atoms with Crippen LogP contribution in [0.1, 0.15) is 180 Å². The first-order valence-electron chi connectivity index (χ1n) is 22.9. The van der Waals surface area contributed by atoms with Crippen molar-refractivity contribution in [2.45, 2.75) is 223 Å². The van der Waals surface area contributed by atoms with Gasteiger partial charge in [-0.15, -0.1) is 0 Å². The van der Waals surface area contributed by atoms with Gasteiger partial charge in [0, 0.05) is 12.8 Å². The maximum atomic E-state index is 13.1. The van der Waals surface area contributed by atoms with E-state index in [1.54, 1.807) is 0 Å². The third-order valence-corrected chi connectivity index (χ3v) is 13.1. The molecule has 0 aliphatic heterocycles. The predicted octanol–water partition coefficient (Wildman–Crippen LogP) is 7.48. The zero-order valence-electron chi connectivity index (χ0n) is 37.1. The molecule has 0 saturated heterocycles. The number of hydrogen-bond donors (Lipinski definition) is 9. The molecule has 374 valence electrons. The molecule has 8 atom stereocenters. The van der Waals surface area contributed by atoms with E-state index in [2.05, 4.69) is 28.6 Å². The molecule has 4 unspecified atom stereocenters. The zero-order chi connectivity index (χ0) is 47.2. The SMILES string of the molecule is CCCCCCCCCCCCCCCC(=O)O[C@H](COC(=O)CCCCCCCCCCCCCCS)COP(=O)(O)OC1C(O)[C@@H](OP(=O)(O)O)C(OP(=O)(O)O)[C@@H](O)[C@H]1O. The van der Waals surface area contributed by atoms with Crippen molar-refractivity contribution < 1.29 is 90.6 Å². The molecule has 0 amide bonds. The first-order valence-corrected chi connectivity index (χ1v) is 28.1. The summed E-state index contributed by atoms with van der Waals surface area (Å²) in [4.78, 5) is 73.0. The van der Waals surface area contributed by atoms with Crippen molar-refractivity contribution in [2.24, 2.45) is 0 Å². The van der Waals surface area contributed by atoms with Crippen molar-refractivity contribution in [2.75, 3.05) is 19.0 Å². The molecule has 1 saturated carbocycles. The van der Waals surface area contributed by atoms with Crippen molar-refractivity contribution in [3.8, 4) is 0 Å². The first kappa shape index (κ1) is 60.5. The molecule has 0 aromatic heterocycles. The van der Waals surface area contributed by atoms with Crippen LogP contribution < -0.4 is 0 Å². The lowest BCUT2D eigenvalue weighted by Gasteiger charge is -2.44. The van der Waals surface area contributed by atoms with E-state index in [9.17, 15) is 63.1 Å². The van der Waals surface area contributed by atoms with Crippen LogP contribution in [-0.2, 0) is 50.9 Å². The minimum atomic E-state index is -5.59. The van der Waals surface area contributed by atoms with Crippen LogP contribution in [0.5, 0.6) is 0 Å². The van der Waals surface area contributed by atoms with E-state index in [-0.39, 0.29) is 12.8 Å². The third-order valence-electron chi connectivity index (χ3n) is 10.7. The Labute approximate surface area is 379 Å². The average molecular weight is 989 g/mol. The topological polar surface area (TPSA) is 303 Å². The van der Waals surface area contributed by atoms with Gasteiger partial charge in [0.2, 0.25) is 0 Å². The minimum Gasteiger partial charge on any atom is -0.462 e. The second-order valence-corrected chi connectivity index (χ2v) is 20.7. The van der Waals surface area contributed by atoms with Gasteiger partial charge in [-0.25, -0.2) is 13.7 Å². The van der Waals surface area contributed by atoms with E-state index in [1.165, 1.54) is 89.9 Å². The Bertz CT molecular complexity index is 1350. The first-order chi connectivity index (χ1) is 29.8. The number of thiol groups is 1. The van der Waals surface area contributed by atoms with Gasteiger partial charge in [-0.05, 0) is 25.0 Å². The Balaban J connectivity index is 2.74. The molecule has 0 radical (unpaired) electrons. The largest absolute Gasteiger partial charge is 0.472 e. The average Bonchev–Trinajstić information content (AvgIpc) is 3.20. The van der Waals surface area contributed by atoms with Gasteiger partial charge in [-0.1, -0.05) is 148 Å². The van der Waals surface area contributed by atoms with Gasteiger partial charge >= 0.3 is 35.4 Å². The van der Waals surface area contributed by atoms with Crippen molar-refractivity contribution >= 4 is 48.0 Å². The fourth-order valence-corrected chi connectivity index (χ4v) is 9.59. The number of esters is 2. The van der Waals surface area contributed by atoms with Crippen LogP contribution in [0, 0.1) is 0 Å². The van der Waals surface area contributed by atoms with Crippen LogP contribution in [0.25, 0.3) is 0 Å². The highest BCUT2D eigenvalue weighted by molar-refractivity contribution is 7.80. The van der Waals surface area contributed by atoms with Crippen LogP contribution in [0.15, 0.2) is 0 Å². The van der Waals surface area contributed by atoms with Gasteiger partial charge < -0.3 is 49.3 Å². The van der Waals surface area contributed by atoms with Gasteiger partial charge in [0.25, 0.3) is 0 Å². The van der Waals surface area contributed by atoms with Gasteiger partial charge in [-0.2, -0.15) is 12.6 Å². The van der Waals surface area contributed by atoms with Crippen LogP contribution in [0.4, 0.5) is 0 Å². The predicted molar refractivity (Wildman–Crippen MR) is 238 cm³/mol. The summed E-state index contributed by atoms with van der Waals surface area (Å²) in [5.74, 6) is -0.359. The normalized spacial score (nSPS) is 22.1. The summed E-state index contributed by atoms with van der Waals surface area (Å²) in [5, 5.41) is 31.8. The number of ether oxygens (including phenoxy) is 2. The number of aliphatic hydroxyl groups is 3. The summed E-state index contributed by atoms with van der Waals surface area (Å²) >= 11 is 4.24. The lowest BCUT2D eigenvalue weighted by molar-refractivity contribution is -0.213. The van der Waals surface area contributed by atoms with Gasteiger partial charge in [0.05, 0.1) is 6.61 Å². The molecular weight excluding hydrogens is 909 g/mol. The summed E-state index contributed by atoms with van der Waals surface area (Å²) in [6, 6.07) is 0. The van der Waals surface area contributed by atoms with Crippen LogP contribution in [-0.4, -0.2) is 113 Å². The molecule has 1 aliphatic carbocycles. The summed E-state index contributed by atoms with van der Waals surface area (Å²) in [6.45, 7) is 0.728. The third kappa shape index (κ3) is 31.2. The number of carbonyl (C=O) groups excluding carboxylic acids is 2. The molecule has 0 aromatic rings. The fraction of sp³-hybridized carbons (Fsp3) is 0.950. The Hall–Kier alpha value is -0.500. The van der Waals surface area contributed by atoms with E-state index < -0.39 is 91.3 Å². The molecule has 1 fully saturated rings. The number of phosphoric ester groups is 3. The van der Waals surface area contributed by atoms with Crippen LogP contribution in [0.3, 0.4) is 0 Å². The Morgan fingerprint density at radius 1 is 0.492 bits per heavy atom. The van der Waals surface area contributed by atoms with Gasteiger partial charge in [0.15, 0.2) is 6.10 Å². The van der Waals surface area contributed by atoms with E-state index in [0.717, 1.165) is 63.5 Å². The Kier molecular flexibility index (Phi) is 33.4. The van der Waals surface area contributed by atoms with Crippen molar-refractivity contribution in [3.05, 3.63) is 0 Å². The van der Waals surface area contributed by atoms with Gasteiger partial charge in [-0.3, -0.25) is 27.7 Å². The molecule has 19 nitrogen and oxygen atoms in total. The van der Waals surface area contributed by atoms with Crippen LogP contribution >= 0.6 is 36.1 Å². The number of aliphatic hydroxyl groups excluding tert-OH is 3. The molecule has 23 heteroatoms. The number of hydrogen-bond acceptors (Lipinski definition) is 15. The fourth-order valence-electron chi connectivity index (χ4n) is 7.27. The molecule has 0 heterocycles. The minimum absolute atomic E-state index is 0.00304. The second-order valence-electron chi connectivity index (χ2n) is 16.4. The molecule has 0 spiro atoms. The van der Waals surface area contributed by atoms with Gasteiger partial charge in [0.1, 0.15) is 43.2 Å². The summed E-state index contributed by atoms with van der Waals surface area (Å²) in [5.41, 5.74) is 0. The van der Waals surface area contributed by atoms with E-state index >= 15 is 0 Å². The maximum absolute atomic E-state index is 13.1. The summed E-state index contributed by atoms with van der Waals surface area (Å²) in [6.07, 6.45) is 11.1. The highest BCUT2D eigenvalue weighted by Crippen LogP contribution is 2.51. The smallest absolute Gasteiger partial charge is 0.462 e. The lowest BCUT2D eigenvalue weighted by atomic mass is 9.85. The Morgan fingerprint density at radius 2 is 0.857 bits per heavy atom. The Morgan fingerprint density at radius 3 is 1.27 bits per heavy atom. The number of rotatable bonds is 40. The zero-order valence-corrected chi connectivity index (χ0v) is 40.7. The lowest BCUT2D eigenvalue weighted by Crippen LogP contribution is -2.65. The number of carbonyl (C=O) groups is 2. The molecule has 0 bridgehead atoms. The molecular formula is C40H79O19P3S. The monoisotopic (exact) mass is 988 g/mol. The standard InChI is InChI=1S/C40H79O19P3S/c1-2-3-4-5-6-7-8-9-13-16-19-22-25-28-34(42)56-32(30-54-33(41)27-24-21-18-15-12-10-11-14-17-20-23-26-29-63)31-55-62(52,53)59-38-35(43)36(44)39(57-60(46,47)48)40(37(38)45)58-61(49,50)51/h32,35-40,43-45,63H,2-31H2,1H3,(H,52,53)(H2,46,47,48)(H2,49,50,51)/t32-,35-,36+,37?,38?,39?,40-/m1/s1. The van der Waals surface area contributed by atoms with E-state index in [4.69, 9.17) is 18.5 Å². The summed E-state index contributed by atoms with van der Waals surface area (Å²) < 4.78 is 65.4. The maximum Gasteiger partial charge on any atom is 0.472 e. The van der Waals surface area contributed by atoms with Crippen molar-refractivity contribution in [1.29, 1.82) is 0 Å². The van der Waals surface area contributed by atoms with Crippen molar-refractivity contribution in [1.82, 2.24) is 0 Å². The number of phosphoric acid groups is 3. The van der Waals surface area contributed by atoms with E-state index in [1.807, 2.05) is 0 Å². The second kappa shape index (κ2) is 34.7. The quantitative estimate of drug-likeness (QED) is 0.0124. The number of unbranched alkanes of at least 4 members (excludes halogenated alkanes) is 23. The highest BCUT2D eigenvalue weighted by atomic mass is 32.1.